The van der Waals surface area contributed by atoms with Crippen molar-refractivity contribution in [2.24, 2.45) is 23.7 Å². The van der Waals surface area contributed by atoms with Gasteiger partial charge in [0.25, 0.3) is 8.32 Å². The number of fused-ring (bicyclic) bond motifs is 1. The average molecular weight is 479 g/mol. The van der Waals surface area contributed by atoms with Crippen molar-refractivity contribution < 1.29 is 23.5 Å². The van der Waals surface area contributed by atoms with Crippen molar-refractivity contribution in [3.63, 3.8) is 0 Å². The van der Waals surface area contributed by atoms with Crippen LogP contribution >= 0.6 is 0 Å². The largest absolute Gasteiger partial charge is 0.469 e. The summed E-state index contributed by atoms with van der Waals surface area (Å²) in [5.74, 6) is -2.29. The molecule has 0 unspecified atom stereocenters. The van der Waals surface area contributed by atoms with Crippen LogP contribution in [0.4, 0.5) is 0 Å². The molecule has 1 aliphatic carbocycles. The Morgan fingerprint density at radius 1 is 0.971 bits per heavy atom. The van der Waals surface area contributed by atoms with Gasteiger partial charge >= 0.3 is 11.9 Å². The van der Waals surface area contributed by atoms with Crippen molar-refractivity contribution >= 4 is 30.6 Å². The van der Waals surface area contributed by atoms with Crippen LogP contribution in [0.3, 0.4) is 0 Å². The summed E-state index contributed by atoms with van der Waals surface area (Å²) in [5, 5.41) is 2.17. The summed E-state index contributed by atoms with van der Waals surface area (Å²) < 4.78 is 17.7. The number of methoxy groups -OCH3 is 1. The molecule has 4 rings (SSSR count). The maximum absolute atomic E-state index is 12.9. The van der Waals surface area contributed by atoms with E-state index in [9.17, 15) is 9.59 Å². The molecule has 2 aromatic rings. The Morgan fingerprint density at radius 3 is 2.03 bits per heavy atom. The molecule has 180 valence electrons. The average Bonchev–Trinajstić information content (AvgIpc) is 3.12. The topological polar surface area (TPSA) is 61.8 Å². The Labute approximate surface area is 203 Å². The maximum atomic E-state index is 12.9. The molecule has 0 N–H and O–H groups in total. The minimum atomic E-state index is -2.77. The van der Waals surface area contributed by atoms with Gasteiger partial charge in [-0.1, -0.05) is 93.6 Å². The van der Waals surface area contributed by atoms with Gasteiger partial charge < -0.3 is 13.9 Å². The molecule has 5 atom stereocenters. The van der Waals surface area contributed by atoms with Gasteiger partial charge in [0, 0.05) is 18.4 Å². The lowest BCUT2D eigenvalue weighted by molar-refractivity contribution is -0.157. The lowest BCUT2D eigenvalue weighted by Crippen LogP contribution is -2.67. The summed E-state index contributed by atoms with van der Waals surface area (Å²) in [6.07, 6.45) is 3.80. The molecule has 6 heteroatoms. The molecule has 0 aromatic heterocycles. The predicted molar refractivity (Wildman–Crippen MR) is 134 cm³/mol. The van der Waals surface area contributed by atoms with E-state index in [1.165, 1.54) is 17.5 Å². The third-order valence-electron chi connectivity index (χ3n) is 7.34. The molecule has 1 aliphatic heterocycles. The molecule has 2 aliphatic rings. The van der Waals surface area contributed by atoms with Gasteiger partial charge in [-0.05, 0) is 22.3 Å². The number of carbonyl (C=O) groups is 2. The van der Waals surface area contributed by atoms with Crippen LogP contribution in [0, 0.1) is 23.7 Å². The second kappa shape index (κ2) is 9.51. The standard InChI is InChI=1S/C28H34O5Si/c1-19-23-17-16-20(24(26(29)31-5)25(23)27(30)33-19)18-32-34(28(2,3)4,21-12-8-6-9-13-21)22-14-10-7-11-15-22/h6-17,19-20,23-25H,18H2,1-5H3/t19-,20-,23+,24+,25-/m1/s1. The fraction of sp³-hybridized carbons (Fsp3) is 0.429. The predicted octanol–water partition coefficient (Wildman–Crippen LogP) is 3.72. The zero-order valence-corrected chi connectivity index (χ0v) is 21.6. The second-order valence-electron chi connectivity index (χ2n) is 10.3. The van der Waals surface area contributed by atoms with E-state index < -0.39 is 20.2 Å². The van der Waals surface area contributed by atoms with Crippen molar-refractivity contribution in [1.82, 2.24) is 0 Å². The normalized spacial score (nSPS) is 26.6. The van der Waals surface area contributed by atoms with Crippen LogP contribution < -0.4 is 10.4 Å². The van der Waals surface area contributed by atoms with Gasteiger partial charge in [0.2, 0.25) is 0 Å². The minimum absolute atomic E-state index is 0.124. The number of ether oxygens (including phenoxy) is 2. The van der Waals surface area contributed by atoms with Crippen LogP contribution in [0.1, 0.15) is 27.7 Å². The number of cyclic esters (lactones) is 1. The molecule has 34 heavy (non-hydrogen) atoms. The zero-order valence-electron chi connectivity index (χ0n) is 20.6. The molecular formula is C28H34O5Si. The van der Waals surface area contributed by atoms with Gasteiger partial charge in [-0.3, -0.25) is 9.59 Å². The first-order valence-electron chi connectivity index (χ1n) is 11.9. The first-order valence-corrected chi connectivity index (χ1v) is 13.8. The summed E-state index contributed by atoms with van der Waals surface area (Å²) in [7, 11) is -1.40. The summed E-state index contributed by atoms with van der Waals surface area (Å²) in [4.78, 5) is 25.6. The first kappa shape index (κ1) is 24.4. The first-order chi connectivity index (χ1) is 16.2. The summed E-state index contributed by atoms with van der Waals surface area (Å²) >= 11 is 0. The highest BCUT2D eigenvalue weighted by Gasteiger charge is 2.55. The van der Waals surface area contributed by atoms with E-state index in [0.29, 0.717) is 6.61 Å². The van der Waals surface area contributed by atoms with Gasteiger partial charge in [0.05, 0.1) is 18.9 Å². The molecule has 0 amide bonds. The lowest BCUT2D eigenvalue weighted by Gasteiger charge is -2.44. The van der Waals surface area contributed by atoms with Crippen molar-refractivity contribution in [2.75, 3.05) is 13.7 Å². The monoisotopic (exact) mass is 478 g/mol. The van der Waals surface area contributed by atoms with Crippen molar-refractivity contribution in [2.45, 2.75) is 38.8 Å². The van der Waals surface area contributed by atoms with E-state index in [2.05, 4.69) is 45.0 Å². The van der Waals surface area contributed by atoms with Gasteiger partial charge in [0.15, 0.2) is 0 Å². The van der Waals surface area contributed by atoms with E-state index in [4.69, 9.17) is 13.9 Å². The van der Waals surface area contributed by atoms with Crippen LogP contribution in [0.2, 0.25) is 5.04 Å². The van der Waals surface area contributed by atoms with Crippen LogP contribution in [-0.4, -0.2) is 40.1 Å². The van der Waals surface area contributed by atoms with Crippen molar-refractivity contribution in [1.29, 1.82) is 0 Å². The molecule has 1 heterocycles. The van der Waals surface area contributed by atoms with Crippen LogP contribution in [0.15, 0.2) is 72.8 Å². The van der Waals surface area contributed by atoms with Crippen LogP contribution in [-0.2, 0) is 23.5 Å². The number of hydrogen-bond acceptors (Lipinski definition) is 5. The number of esters is 2. The third-order valence-corrected chi connectivity index (χ3v) is 12.3. The fourth-order valence-corrected chi connectivity index (χ4v) is 10.3. The number of benzene rings is 2. The molecule has 2 aromatic carbocycles. The SMILES string of the molecule is COC(=O)[C@@H]1[C@@H]2C(=O)O[C@H](C)[C@@H]2C=C[C@@H]1CO[Si](c1ccccc1)(c1ccccc1)C(C)(C)C. The highest BCUT2D eigenvalue weighted by atomic mass is 28.4. The van der Waals surface area contributed by atoms with E-state index >= 15 is 0 Å². The van der Waals surface area contributed by atoms with E-state index in [-0.39, 0.29) is 34.9 Å². The summed E-state index contributed by atoms with van der Waals surface area (Å²) in [6, 6.07) is 20.8. The van der Waals surface area contributed by atoms with E-state index in [0.717, 1.165) is 0 Å². The lowest BCUT2D eigenvalue weighted by atomic mass is 9.70. The van der Waals surface area contributed by atoms with Gasteiger partial charge in [0.1, 0.15) is 6.10 Å². The Balaban J connectivity index is 1.76. The highest BCUT2D eigenvalue weighted by molar-refractivity contribution is 6.99. The molecular weight excluding hydrogens is 444 g/mol. The zero-order chi connectivity index (χ0) is 24.5. The number of rotatable bonds is 6. The van der Waals surface area contributed by atoms with Crippen molar-refractivity contribution in [3.8, 4) is 0 Å². The van der Waals surface area contributed by atoms with E-state index in [1.807, 2.05) is 55.5 Å². The van der Waals surface area contributed by atoms with Crippen LogP contribution in [0.25, 0.3) is 0 Å². The smallest absolute Gasteiger partial charge is 0.310 e. The van der Waals surface area contributed by atoms with Gasteiger partial charge in [-0.15, -0.1) is 0 Å². The third kappa shape index (κ3) is 4.14. The molecule has 0 bridgehead atoms. The molecule has 0 spiro atoms. The Hall–Kier alpha value is -2.70. The van der Waals surface area contributed by atoms with Gasteiger partial charge in [-0.25, -0.2) is 0 Å². The van der Waals surface area contributed by atoms with E-state index in [1.54, 1.807) is 0 Å². The Kier molecular flexibility index (Phi) is 6.83. The Morgan fingerprint density at radius 2 is 1.53 bits per heavy atom. The van der Waals surface area contributed by atoms with Gasteiger partial charge in [-0.2, -0.15) is 0 Å². The molecule has 1 saturated heterocycles. The minimum Gasteiger partial charge on any atom is -0.469 e. The van der Waals surface area contributed by atoms with Crippen molar-refractivity contribution in [3.05, 3.63) is 72.8 Å². The quantitative estimate of drug-likeness (QED) is 0.360. The molecule has 1 fully saturated rings. The van der Waals surface area contributed by atoms with Crippen LogP contribution in [0.5, 0.6) is 0 Å². The number of carbonyl (C=O) groups excluding carboxylic acids is 2. The molecule has 0 saturated carbocycles. The highest BCUT2D eigenvalue weighted by Crippen LogP contribution is 2.44. The molecule has 0 radical (unpaired) electrons. The maximum Gasteiger partial charge on any atom is 0.310 e. The summed E-state index contributed by atoms with van der Waals surface area (Å²) in [6.45, 7) is 8.86. The Bertz CT molecular complexity index is 1000. The fourth-order valence-electron chi connectivity index (χ4n) is 5.71. The molecule has 5 nitrogen and oxygen atoms in total. The number of hydrogen-bond donors (Lipinski definition) is 0. The second-order valence-corrected chi connectivity index (χ2v) is 14.6. The summed E-state index contributed by atoms with van der Waals surface area (Å²) in [5.41, 5.74) is 0.